The first kappa shape index (κ1) is 12.0. The predicted molar refractivity (Wildman–Crippen MR) is 76.5 cm³/mol. The lowest BCUT2D eigenvalue weighted by molar-refractivity contribution is -0.0268. The summed E-state index contributed by atoms with van der Waals surface area (Å²) < 4.78 is 0. The van der Waals surface area contributed by atoms with E-state index in [-0.39, 0.29) is 0 Å². The Kier molecular flexibility index (Phi) is 3.29. The van der Waals surface area contributed by atoms with E-state index in [0.29, 0.717) is 0 Å². The Morgan fingerprint density at radius 2 is 1.67 bits per heavy atom. The fraction of sp³-hybridized carbons (Fsp3) is 0.625. The van der Waals surface area contributed by atoms with E-state index in [9.17, 15) is 0 Å². The molecule has 2 N–H and O–H groups in total. The summed E-state index contributed by atoms with van der Waals surface area (Å²) in [5.41, 5.74) is 8.70. The smallest absolute Gasteiger partial charge is 0.0314 e. The van der Waals surface area contributed by atoms with Gasteiger partial charge < -0.3 is 10.6 Å². The molecule has 98 valence electrons. The van der Waals surface area contributed by atoms with E-state index in [1.807, 2.05) is 12.1 Å². The van der Waals surface area contributed by atoms with Crippen molar-refractivity contribution in [2.45, 2.75) is 38.5 Å². The van der Waals surface area contributed by atoms with Crippen molar-refractivity contribution in [3.63, 3.8) is 0 Å². The molecule has 2 aliphatic rings. The molecule has 1 heterocycles. The third-order valence-electron chi connectivity index (χ3n) is 4.73. The Morgan fingerprint density at radius 3 is 2.33 bits per heavy atom. The van der Waals surface area contributed by atoms with Gasteiger partial charge in [-0.15, -0.1) is 0 Å². The average molecular weight is 244 g/mol. The van der Waals surface area contributed by atoms with Gasteiger partial charge in [0.05, 0.1) is 0 Å². The minimum absolute atomic E-state index is 0.722. The topological polar surface area (TPSA) is 29.3 Å². The second-order valence-corrected chi connectivity index (χ2v) is 6.26. The third-order valence-corrected chi connectivity index (χ3v) is 4.73. The minimum atomic E-state index is 0.722. The van der Waals surface area contributed by atoms with Gasteiger partial charge in [0.15, 0.2) is 0 Å². The normalized spacial score (nSPS) is 22.9. The number of likely N-dealkylation sites (tertiary alicyclic amines) is 1. The first-order chi connectivity index (χ1) is 8.76. The van der Waals surface area contributed by atoms with Crippen molar-refractivity contribution in [3.8, 4) is 0 Å². The maximum absolute atomic E-state index is 5.70. The van der Waals surface area contributed by atoms with Crippen LogP contribution in [0, 0.1) is 5.41 Å². The largest absolute Gasteiger partial charge is 0.399 e. The van der Waals surface area contributed by atoms with Crippen molar-refractivity contribution >= 4 is 5.69 Å². The molecule has 0 aromatic heterocycles. The number of hydrogen-bond acceptors (Lipinski definition) is 2. The number of hydrogen-bond donors (Lipinski definition) is 1. The van der Waals surface area contributed by atoms with Crippen LogP contribution in [0.5, 0.6) is 0 Å². The van der Waals surface area contributed by atoms with Crippen LogP contribution in [0.1, 0.15) is 37.7 Å². The second kappa shape index (κ2) is 4.93. The maximum atomic E-state index is 5.70. The van der Waals surface area contributed by atoms with E-state index in [4.69, 9.17) is 5.73 Å². The van der Waals surface area contributed by atoms with E-state index in [1.165, 1.54) is 57.3 Å². The number of benzene rings is 1. The molecule has 1 aliphatic carbocycles. The van der Waals surface area contributed by atoms with Gasteiger partial charge in [-0.25, -0.2) is 0 Å². The SMILES string of the molecule is Nc1ccc(CCN2CC3(CCCCC3)C2)cc1. The lowest BCUT2D eigenvalue weighted by atomic mass is 9.68. The molecule has 3 rings (SSSR count). The standard InChI is InChI=1S/C16H24N2/c17-15-6-4-14(5-7-15)8-11-18-12-16(13-18)9-2-1-3-10-16/h4-7H,1-3,8-13,17H2. The van der Waals surface area contributed by atoms with Crippen molar-refractivity contribution in [2.24, 2.45) is 5.41 Å². The van der Waals surface area contributed by atoms with Gasteiger partial charge in [0.2, 0.25) is 0 Å². The Balaban J connectivity index is 1.44. The summed E-state index contributed by atoms with van der Waals surface area (Å²) in [7, 11) is 0. The first-order valence-corrected chi connectivity index (χ1v) is 7.33. The third kappa shape index (κ3) is 2.54. The highest BCUT2D eigenvalue weighted by atomic mass is 15.2. The Hall–Kier alpha value is -1.02. The molecule has 1 saturated heterocycles. The fourth-order valence-corrected chi connectivity index (χ4v) is 3.65. The highest BCUT2D eigenvalue weighted by Crippen LogP contribution is 2.43. The molecule has 0 radical (unpaired) electrons. The molecule has 2 heteroatoms. The lowest BCUT2D eigenvalue weighted by Gasteiger charge is -2.52. The van der Waals surface area contributed by atoms with Gasteiger partial charge in [-0.05, 0) is 42.4 Å². The van der Waals surface area contributed by atoms with Crippen molar-refractivity contribution in [2.75, 3.05) is 25.4 Å². The molecule has 0 amide bonds. The van der Waals surface area contributed by atoms with Gasteiger partial charge in [-0.1, -0.05) is 31.4 Å². The average Bonchev–Trinajstić information content (AvgIpc) is 2.37. The first-order valence-electron chi connectivity index (χ1n) is 7.33. The molecule has 1 aromatic carbocycles. The van der Waals surface area contributed by atoms with Crippen LogP contribution >= 0.6 is 0 Å². The summed E-state index contributed by atoms with van der Waals surface area (Å²) in [6, 6.07) is 8.33. The predicted octanol–water partition coefficient (Wildman–Crippen LogP) is 3.08. The van der Waals surface area contributed by atoms with E-state index in [1.54, 1.807) is 0 Å². The van der Waals surface area contributed by atoms with Crippen molar-refractivity contribution < 1.29 is 0 Å². The van der Waals surface area contributed by atoms with Crippen molar-refractivity contribution in [1.29, 1.82) is 0 Å². The van der Waals surface area contributed by atoms with Gasteiger partial charge >= 0.3 is 0 Å². The number of anilines is 1. The maximum Gasteiger partial charge on any atom is 0.0314 e. The van der Waals surface area contributed by atoms with Crippen molar-refractivity contribution in [3.05, 3.63) is 29.8 Å². The van der Waals surface area contributed by atoms with Crippen LogP contribution in [0.3, 0.4) is 0 Å². The van der Waals surface area contributed by atoms with Crippen LogP contribution < -0.4 is 5.73 Å². The van der Waals surface area contributed by atoms with Gasteiger partial charge in [0.25, 0.3) is 0 Å². The van der Waals surface area contributed by atoms with Crippen LogP contribution in [-0.2, 0) is 6.42 Å². The summed E-state index contributed by atoms with van der Waals surface area (Å²) in [5.74, 6) is 0. The Morgan fingerprint density at radius 1 is 1.00 bits per heavy atom. The molecule has 0 bridgehead atoms. The molecule has 2 fully saturated rings. The molecular weight excluding hydrogens is 220 g/mol. The number of rotatable bonds is 3. The van der Waals surface area contributed by atoms with E-state index in [0.717, 1.165) is 17.5 Å². The minimum Gasteiger partial charge on any atom is -0.399 e. The zero-order valence-electron chi connectivity index (χ0n) is 11.2. The fourth-order valence-electron chi connectivity index (χ4n) is 3.65. The van der Waals surface area contributed by atoms with Crippen LogP contribution in [0.4, 0.5) is 5.69 Å². The van der Waals surface area contributed by atoms with Gasteiger partial charge in [0, 0.05) is 25.3 Å². The zero-order chi connectivity index (χ0) is 12.4. The van der Waals surface area contributed by atoms with Crippen LogP contribution in [0.2, 0.25) is 0 Å². The summed E-state index contributed by atoms with van der Waals surface area (Å²) in [5, 5.41) is 0. The summed E-state index contributed by atoms with van der Waals surface area (Å²) in [4.78, 5) is 2.63. The molecule has 1 aliphatic heterocycles. The summed E-state index contributed by atoms with van der Waals surface area (Å²) >= 11 is 0. The van der Waals surface area contributed by atoms with Crippen LogP contribution in [0.15, 0.2) is 24.3 Å². The Bertz CT molecular complexity index is 382. The molecule has 1 spiro atoms. The van der Waals surface area contributed by atoms with Gasteiger partial charge in [0.1, 0.15) is 0 Å². The molecule has 0 atom stereocenters. The van der Waals surface area contributed by atoms with E-state index >= 15 is 0 Å². The lowest BCUT2D eigenvalue weighted by Crippen LogP contribution is -2.57. The monoisotopic (exact) mass is 244 g/mol. The highest BCUT2D eigenvalue weighted by Gasteiger charge is 2.42. The van der Waals surface area contributed by atoms with Crippen LogP contribution in [0.25, 0.3) is 0 Å². The molecule has 1 aromatic rings. The van der Waals surface area contributed by atoms with Gasteiger partial charge in [-0.2, -0.15) is 0 Å². The molecule has 2 nitrogen and oxygen atoms in total. The summed E-state index contributed by atoms with van der Waals surface area (Å²) in [6.07, 6.45) is 8.51. The molecule has 18 heavy (non-hydrogen) atoms. The van der Waals surface area contributed by atoms with E-state index in [2.05, 4.69) is 17.0 Å². The second-order valence-electron chi connectivity index (χ2n) is 6.26. The zero-order valence-corrected chi connectivity index (χ0v) is 11.2. The highest BCUT2D eigenvalue weighted by molar-refractivity contribution is 5.39. The number of nitrogens with two attached hydrogens (primary N) is 1. The molecule has 1 saturated carbocycles. The molecular formula is C16H24N2. The quantitative estimate of drug-likeness (QED) is 0.828. The Labute approximate surface area is 110 Å². The van der Waals surface area contributed by atoms with Gasteiger partial charge in [-0.3, -0.25) is 0 Å². The summed E-state index contributed by atoms with van der Waals surface area (Å²) in [6.45, 7) is 3.91. The van der Waals surface area contributed by atoms with E-state index < -0.39 is 0 Å². The number of nitrogen functional groups attached to an aromatic ring is 1. The van der Waals surface area contributed by atoms with Crippen LogP contribution in [-0.4, -0.2) is 24.5 Å². The number of nitrogens with zero attached hydrogens (tertiary/aromatic N) is 1. The van der Waals surface area contributed by atoms with Crippen molar-refractivity contribution in [1.82, 2.24) is 4.90 Å². The molecule has 0 unspecified atom stereocenters.